The molecule has 5 nitrogen and oxygen atoms in total. The lowest BCUT2D eigenvalue weighted by Gasteiger charge is -2.31. The molecular weight excluding hydrogens is 304 g/mol. The predicted octanol–water partition coefficient (Wildman–Crippen LogP) is 2.90. The number of anilines is 1. The maximum atomic E-state index is 12.1. The Hall–Kier alpha value is -1.76. The van der Waals surface area contributed by atoms with E-state index < -0.39 is 12.6 Å². The quantitative estimate of drug-likeness (QED) is 0.896. The highest BCUT2D eigenvalue weighted by atomic mass is 35.5. The molecular formula is C13H16ClF2N3O2. The molecule has 1 heterocycles. The fraction of sp³-hybridized carbons (Fsp3) is 0.462. The Kier molecular flexibility index (Phi) is 5.06. The standard InChI is InChI=1S/C13H16ClF2N3O2/c14-10-7-9(1-2-11(10)21-12(15)16)18-8-3-5-19(6-4-8)13(17)20/h1-2,7-8,12,18H,3-6H2,(H2,17,20). The van der Waals surface area contributed by atoms with Gasteiger partial charge in [-0.3, -0.25) is 0 Å². The van der Waals surface area contributed by atoms with Gasteiger partial charge in [-0.25, -0.2) is 4.79 Å². The molecule has 0 radical (unpaired) electrons. The van der Waals surface area contributed by atoms with Gasteiger partial charge in [-0.2, -0.15) is 8.78 Å². The lowest BCUT2D eigenvalue weighted by molar-refractivity contribution is -0.0497. The molecule has 1 fully saturated rings. The van der Waals surface area contributed by atoms with Crippen LogP contribution in [0.5, 0.6) is 5.75 Å². The van der Waals surface area contributed by atoms with Gasteiger partial charge < -0.3 is 20.7 Å². The number of carbonyl (C=O) groups excluding carboxylic acids is 1. The Morgan fingerprint density at radius 2 is 2.10 bits per heavy atom. The summed E-state index contributed by atoms with van der Waals surface area (Å²) < 4.78 is 28.6. The molecule has 1 aliphatic heterocycles. The number of carbonyl (C=O) groups is 1. The zero-order valence-corrected chi connectivity index (χ0v) is 11.9. The summed E-state index contributed by atoms with van der Waals surface area (Å²) in [5, 5.41) is 3.38. The number of ether oxygens (including phenoxy) is 1. The maximum Gasteiger partial charge on any atom is 0.387 e. The summed E-state index contributed by atoms with van der Waals surface area (Å²) in [6, 6.07) is 4.34. The molecule has 1 aromatic rings. The summed E-state index contributed by atoms with van der Waals surface area (Å²) in [5.41, 5.74) is 5.94. The lowest BCUT2D eigenvalue weighted by atomic mass is 10.0. The molecule has 0 spiro atoms. The summed E-state index contributed by atoms with van der Waals surface area (Å²) in [7, 11) is 0. The molecule has 1 saturated heterocycles. The number of halogens is 3. The van der Waals surface area contributed by atoms with Crippen molar-refractivity contribution in [1.82, 2.24) is 4.90 Å². The van der Waals surface area contributed by atoms with Gasteiger partial charge >= 0.3 is 12.6 Å². The summed E-state index contributed by atoms with van der Waals surface area (Å²) in [4.78, 5) is 12.6. The van der Waals surface area contributed by atoms with Gasteiger partial charge in [0, 0.05) is 24.8 Å². The van der Waals surface area contributed by atoms with Crippen molar-refractivity contribution < 1.29 is 18.3 Å². The second kappa shape index (κ2) is 6.80. The highest BCUT2D eigenvalue weighted by molar-refractivity contribution is 6.32. The topological polar surface area (TPSA) is 67.6 Å². The molecule has 0 aliphatic carbocycles. The van der Waals surface area contributed by atoms with Crippen LogP contribution in [0.2, 0.25) is 5.02 Å². The molecule has 0 atom stereocenters. The third kappa shape index (κ3) is 4.35. The number of rotatable bonds is 4. The molecule has 3 N–H and O–H groups in total. The number of nitrogens with two attached hydrogens (primary N) is 1. The number of benzene rings is 1. The van der Waals surface area contributed by atoms with E-state index in [1.165, 1.54) is 6.07 Å². The van der Waals surface area contributed by atoms with Crippen molar-refractivity contribution in [2.45, 2.75) is 25.5 Å². The molecule has 21 heavy (non-hydrogen) atoms. The van der Waals surface area contributed by atoms with E-state index in [0.29, 0.717) is 13.1 Å². The first-order valence-electron chi connectivity index (χ1n) is 6.51. The molecule has 2 amide bonds. The third-order valence-electron chi connectivity index (χ3n) is 3.33. The molecule has 0 bridgehead atoms. The molecule has 0 aromatic heterocycles. The average molecular weight is 320 g/mol. The summed E-state index contributed by atoms with van der Waals surface area (Å²) >= 11 is 5.89. The van der Waals surface area contributed by atoms with E-state index in [9.17, 15) is 13.6 Å². The molecule has 1 aliphatic rings. The third-order valence-corrected chi connectivity index (χ3v) is 3.62. The van der Waals surface area contributed by atoms with Crippen LogP contribution in [0.3, 0.4) is 0 Å². The van der Waals surface area contributed by atoms with Crippen LogP contribution < -0.4 is 15.8 Å². The van der Waals surface area contributed by atoms with Gasteiger partial charge in [0.25, 0.3) is 0 Å². The van der Waals surface area contributed by atoms with Crippen LogP contribution in [-0.2, 0) is 0 Å². The number of urea groups is 1. The number of nitrogens with one attached hydrogen (secondary N) is 1. The van der Waals surface area contributed by atoms with Crippen molar-refractivity contribution >= 4 is 23.3 Å². The van der Waals surface area contributed by atoms with Gasteiger partial charge in [-0.15, -0.1) is 0 Å². The molecule has 0 saturated carbocycles. The number of nitrogens with zero attached hydrogens (tertiary/aromatic N) is 1. The number of amides is 2. The van der Waals surface area contributed by atoms with E-state index in [2.05, 4.69) is 10.1 Å². The first-order valence-corrected chi connectivity index (χ1v) is 6.89. The minimum atomic E-state index is -2.90. The lowest BCUT2D eigenvalue weighted by Crippen LogP contribution is -2.44. The Morgan fingerprint density at radius 1 is 1.43 bits per heavy atom. The largest absolute Gasteiger partial charge is 0.433 e. The average Bonchev–Trinajstić information content (AvgIpc) is 2.42. The zero-order chi connectivity index (χ0) is 15.4. The van der Waals surface area contributed by atoms with Crippen LogP contribution in [0, 0.1) is 0 Å². The second-order valence-electron chi connectivity index (χ2n) is 4.77. The van der Waals surface area contributed by atoms with Gasteiger partial charge in [-0.05, 0) is 31.0 Å². The summed E-state index contributed by atoms with van der Waals surface area (Å²) in [5.74, 6) is -0.0548. The van der Waals surface area contributed by atoms with Crippen molar-refractivity contribution in [1.29, 1.82) is 0 Å². The van der Waals surface area contributed by atoms with Crippen LogP contribution >= 0.6 is 11.6 Å². The molecule has 0 unspecified atom stereocenters. The van der Waals surface area contributed by atoms with Crippen LogP contribution in [0.1, 0.15) is 12.8 Å². The zero-order valence-electron chi connectivity index (χ0n) is 11.2. The Labute approximate surface area is 126 Å². The monoisotopic (exact) mass is 319 g/mol. The van der Waals surface area contributed by atoms with Gasteiger partial charge in [0.2, 0.25) is 0 Å². The number of primary amides is 1. The van der Waals surface area contributed by atoms with Crippen molar-refractivity contribution in [3.63, 3.8) is 0 Å². The van der Waals surface area contributed by atoms with Crippen molar-refractivity contribution in [2.75, 3.05) is 18.4 Å². The number of hydrogen-bond donors (Lipinski definition) is 2. The Bertz CT molecular complexity index is 508. The molecule has 116 valence electrons. The first-order chi connectivity index (χ1) is 9.95. The van der Waals surface area contributed by atoms with Gasteiger partial charge in [0.05, 0.1) is 5.02 Å². The van der Waals surface area contributed by atoms with E-state index in [4.69, 9.17) is 17.3 Å². The van der Waals surface area contributed by atoms with E-state index in [-0.39, 0.29) is 16.8 Å². The minimum Gasteiger partial charge on any atom is -0.433 e. The van der Waals surface area contributed by atoms with Crippen LogP contribution in [0.25, 0.3) is 0 Å². The number of hydrogen-bond acceptors (Lipinski definition) is 3. The highest BCUT2D eigenvalue weighted by Crippen LogP contribution is 2.29. The molecule has 8 heteroatoms. The van der Waals surface area contributed by atoms with E-state index in [0.717, 1.165) is 18.5 Å². The van der Waals surface area contributed by atoms with Crippen molar-refractivity contribution in [2.24, 2.45) is 5.73 Å². The highest BCUT2D eigenvalue weighted by Gasteiger charge is 2.21. The number of likely N-dealkylation sites (tertiary alicyclic amines) is 1. The SMILES string of the molecule is NC(=O)N1CCC(Nc2ccc(OC(F)F)c(Cl)c2)CC1. The van der Waals surface area contributed by atoms with E-state index in [1.54, 1.807) is 17.0 Å². The number of alkyl halides is 2. The van der Waals surface area contributed by atoms with Crippen molar-refractivity contribution in [3.05, 3.63) is 23.2 Å². The van der Waals surface area contributed by atoms with Gasteiger partial charge in [0.1, 0.15) is 5.75 Å². The second-order valence-corrected chi connectivity index (χ2v) is 5.17. The van der Waals surface area contributed by atoms with Crippen LogP contribution in [0.4, 0.5) is 19.3 Å². The predicted molar refractivity (Wildman–Crippen MR) is 75.9 cm³/mol. The first kappa shape index (κ1) is 15.6. The van der Waals surface area contributed by atoms with Gasteiger partial charge in [-0.1, -0.05) is 11.6 Å². The normalized spacial score (nSPS) is 16.1. The van der Waals surface area contributed by atoms with E-state index in [1.807, 2.05) is 0 Å². The number of piperidine rings is 1. The Balaban J connectivity index is 1.92. The fourth-order valence-electron chi connectivity index (χ4n) is 2.26. The van der Waals surface area contributed by atoms with Crippen LogP contribution in [-0.4, -0.2) is 36.7 Å². The Morgan fingerprint density at radius 3 is 2.62 bits per heavy atom. The van der Waals surface area contributed by atoms with Crippen molar-refractivity contribution in [3.8, 4) is 5.75 Å². The van der Waals surface area contributed by atoms with E-state index >= 15 is 0 Å². The fourth-order valence-corrected chi connectivity index (χ4v) is 2.49. The summed E-state index contributed by atoms with van der Waals surface area (Å²) in [6.07, 6.45) is 1.52. The maximum absolute atomic E-state index is 12.1. The van der Waals surface area contributed by atoms with Crippen LogP contribution in [0.15, 0.2) is 18.2 Å². The minimum absolute atomic E-state index is 0.0548. The molecule has 1 aromatic carbocycles. The van der Waals surface area contributed by atoms with Gasteiger partial charge in [0.15, 0.2) is 0 Å². The summed E-state index contributed by atoms with van der Waals surface area (Å²) in [6.45, 7) is -1.72. The molecule has 2 rings (SSSR count). The smallest absolute Gasteiger partial charge is 0.387 e.